The highest BCUT2D eigenvalue weighted by molar-refractivity contribution is 5.89. The summed E-state index contributed by atoms with van der Waals surface area (Å²) >= 11 is 0. The molecule has 2 aliphatic heterocycles. The van der Waals surface area contributed by atoms with Gasteiger partial charge in [0.1, 0.15) is 13.2 Å². The van der Waals surface area contributed by atoms with E-state index in [-0.39, 0.29) is 24.4 Å². The minimum absolute atomic E-state index is 0.0384. The van der Waals surface area contributed by atoms with Crippen LogP contribution < -0.4 is 20.1 Å². The molecule has 1 saturated heterocycles. The summed E-state index contributed by atoms with van der Waals surface area (Å²) in [6, 6.07) is 14.8. The van der Waals surface area contributed by atoms with Gasteiger partial charge in [0.2, 0.25) is 5.91 Å². The Balaban J connectivity index is 1.30. The Labute approximate surface area is 170 Å². The van der Waals surface area contributed by atoms with Gasteiger partial charge in [0, 0.05) is 25.2 Å². The van der Waals surface area contributed by atoms with Crippen LogP contribution in [0.4, 0.5) is 10.5 Å². The number of rotatable bonds is 5. The van der Waals surface area contributed by atoms with Crippen LogP contribution in [0.15, 0.2) is 48.5 Å². The zero-order chi connectivity index (χ0) is 20.1. The molecule has 2 aliphatic rings. The monoisotopic (exact) mass is 395 g/mol. The fourth-order valence-corrected chi connectivity index (χ4v) is 3.80. The summed E-state index contributed by atoms with van der Waals surface area (Å²) in [5, 5.41) is 5.50. The number of fused-ring (bicyclic) bond motifs is 1. The van der Waals surface area contributed by atoms with Gasteiger partial charge < -0.3 is 25.0 Å². The van der Waals surface area contributed by atoms with E-state index in [9.17, 15) is 9.59 Å². The second kappa shape index (κ2) is 8.86. The van der Waals surface area contributed by atoms with E-state index in [4.69, 9.17) is 9.47 Å². The first kappa shape index (κ1) is 19.1. The van der Waals surface area contributed by atoms with Crippen LogP contribution in [0.5, 0.6) is 11.5 Å². The molecule has 0 spiro atoms. The predicted molar refractivity (Wildman–Crippen MR) is 109 cm³/mol. The van der Waals surface area contributed by atoms with Gasteiger partial charge in [0.15, 0.2) is 11.5 Å². The third-order valence-electron chi connectivity index (χ3n) is 5.18. The normalized spacial score (nSPS) is 17.7. The quantitative estimate of drug-likeness (QED) is 0.814. The molecular weight excluding hydrogens is 370 g/mol. The minimum atomic E-state index is -0.311. The van der Waals surface area contributed by atoms with Crippen molar-refractivity contribution in [3.05, 3.63) is 54.1 Å². The number of amides is 3. The van der Waals surface area contributed by atoms with E-state index in [1.54, 1.807) is 0 Å². The van der Waals surface area contributed by atoms with Crippen LogP contribution >= 0.6 is 0 Å². The highest BCUT2D eigenvalue weighted by Gasteiger charge is 2.30. The van der Waals surface area contributed by atoms with Gasteiger partial charge in [-0.3, -0.25) is 4.79 Å². The third-order valence-corrected chi connectivity index (χ3v) is 5.18. The van der Waals surface area contributed by atoms with E-state index in [2.05, 4.69) is 10.6 Å². The Hall–Kier alpha value is -3.22. The van der Waals surface area contributed by atoms with Crippen LogP contribution in [0.1, 0.15) is 30.9 Å². The van der Waals surface area contributed by atoms with Crippen molar-refractivity contribution in [2.75, 3.05) is 31.6 Å². The summed E-state index contributed by atoms with van der Waals surface area (Å²) < 4.78 is 11.3. The zero-order valence-corrected chi connectivity index (χ0v) is 16.2. The summed E-state index contributed by atoms with van der Waals surface area (Å²) in [6.07, 6.45) is 2.16. The number of nitrogens with zero attached hydrogens (tertiary/aromatic N) is 1. The van der Waals surface area contributed by atoms with Crippen molar-refractivity contribution in [2.24, 2.45) is 0 Å². The first-order valence-electron chi connectivity index (χ1n) is 9.99. The SMILES string of the molecule is O=C(NCCC(=O)N1CCC[C@H]1c1ccc2c(c1)OCCO2)Nc1ccccc1. The number of para-hydroxylation sites is 1. The molecule has 0 saturated carbocycles. The average molecular weight is 395 g/mol. The largest absolute Gasteiger partial charge is 0.486 e. The van der Waals surface area contributed by atoms with E-state index < -0.39 is 0 Å². The number of carbonyl (C=O) groups excluding carboxylic acids is 2. The molecule has 0 radical (unpaired) electrons. The van der Waals surface area contributed by atoms with E-state index >= 15 is 0 Å². The molecule has 7 nitrogen and oxygen atoms in total. The molecule has 0 aromatic heterocycles. The average Bonchev–Trinajstić information content (AvgIpc) is 3.24. The van der Waals surface area contributed by atoms with Crippen LogP contribution in [-0.2, 0) is 4.79 Å². The molecule has 2 N–H and O–H groups in total. The predicted octanol–water partition coefficient (Wildman–Crippen LogP) is 3.33. The second-order valence-electron chi connectivity index (χ2n) is 7.15. The minimum Gasteiger partial charge on any atom is -0.486 e. The summed E-state index contributed by atoms with van der Waals surface area (Å²) in [4.78, 5) is 26.6. The molecule has 2 heterocycles. The van der Waals surface area contributed by atoms with Crippen molar-refractivity contribution >= 4 is 17.6 Å². The van der Waals surface area contributed by atoms with E-state index in [1.165, 1.54) is 0 Å². The highest BCUT2D eigenvalue weighted by Crippen LogP contribution is 2.38. The lowest BCUT2D eigenvalue weighted by atomic mass is 10.0. The maximum Gasteiger partial charge on any atom is 0.319 e. The summed E-state index contributed by atoms with van der Waals surface area (Å²) in [7, 11) is 0. The number of hydrogen-bond acceptors (Lipinski definition) is 4. The van der Waals surface area contributed by atoms with Gasteiger partial charge in [-0.15, -0.1) is 0 Å². The molecule has 29 heavy (non-hydrogen) atoms. The lowest BCUT2D eigenvalue weighted by molar-refractivity contribution is -0.132. The summed E-state index contributed by atoms with van der Waals surface area (Å²) in [5.74, 6) is 1.54. The molecular formula is C22H25N3O4. The molecule has 2 aromatic rings. The fraction of sp³-hybridized carbons (Fsp3) is 0.364. The van der Waals surface area contributed by atoms with Crippen LogP contribution in [0, 0.1) is 0 Å². The van der Waals surface area contributed by atoms with Crippen LogP contribution in [0.25, 0.3) is 0 Å². The Kier molecular flexibility index (Phi) is 5.84. The van der Waals surface area contributed by atoms with Gasteiger partial charge in [-0.2, -0.15) is 0 Å². The number of anilines is 1. The lowest BCUT2D eigenvalue weighted by Gasteiger charge is -2.27. The number of benzene rings is 2. The standard InChI is InChI=1S/C22H25N3O4/c26-21(10-11-23-22(27)24-17-5-2-1-3-6-17)25-12-4-7-18(25)16-8-9-19-20(15-16)29-14-13-28-19/h1-3,5-6,8-9,15,18H,4,7,10-14H2,(H2,23,24,27)/t18-/m0/s1. The molecule has 2 aromatic carbocycles. The molecule has 7 heteroatoms. The van der Waals surface area contributed by atoms with Gasteiger partial charge in [0.05, 0.1) is 6.04 Å². The Bertz CT molecular complexity index is 872. The van der Waals surface area contributed by atoms with Crippen LogP contribution in [0.3, 0.4) is 0 Å². The number of ether oxygens (including phenoxy) is 2. The molecule has 0 bridgehead atoms. The molecule has 152 valence electrons. The Morgan fingerprint density at radius 3 is 2.66 bits per heavy atom. The molecule has 4 rings (SSSR count). The Morgan fingerprint density at radius 2 is 1.83 bits per heavy atom. The van der Waals surface area contributed by atoms with Crippen molar-refractivity contribution in [1.29, 1.82) is 0 Å². The summed E-state index contributed by atoms with van der Waals surface area (Å²) in [6.45, 7) is 2.13. The van der Waals surface area contributed by atoms with Gasteiger partial charge >= 0.3 is 6.03 Å². The number of urea groups is 1. The Morgan fingerprint density at radius 1 is 1.03 bits per heavy atom. The highest BCUT2D eigenvalue weighted by atomic mass is 16.6. The summed E-state index contributed by atoms with van der Waals surface area (Å²) in [5.41, 5.74) is 1.78. The fourth-order valence-electron chi connectivity index (χ4n) is 3.80. The van der Waals surface area contributed by atoms with Crippen molar-refractivity contribution < 1.29 is 19.1 Å². The first-order chi connectivity index (χ1) is 14.2. The lowest BCUT2D eigenvalue weighted by Crippen LogP contribution is -2.35. The van der Waals surface area contributed by atoms with Gasteiger partial charge in [-0.25, -0.2) is 4.79 Å². The van der Waals surface area contributed by atoms with E-state index in [0.717, 1.165) is 42.1 Å². The van der Waals surface area contributed by atoms with Crippen molar-refractivity contribution in [3.63, 3.8) is 0 Å². The maximum atomic E-state index is 12.8. The van der Waals surface area contributed by atoms with Crippen molar-refractivity contribution in [2.45, 2.75) is 25.3 Å². The number of nitrogens with one attached hydrogen (secondary N) is 2. The van der Waals surface area contributed by atoms with Gasteiger partial charge in [-0.05, 0) is 42.7 Å². The smallest absolute Gasteiger partial charge is 0.319 e. The molecule has 0 unspecified atom stereocenters. The van der Waals surface area contributed by atoms with E-state index in [0.29, 0.717) is 19.8 Å². The topological polar surface area (TPSA) is 79.9 Å². The van der Waals surface area contributed by atoms with Crippen molar-refractivity contribution in [1.82, 2.24) is 10.2 Å². The molecule has 1 atom stereocenters. The maximum absolute atomic E-state index is 12.8. The van der Waals surface area contributed by atoms with Gasteiger partial charge in [0.25, 0.3) is 0 Å². The molecule has 0 aliphatic carbocycles. The van der Waals surface area contributed by atoms with Crippen molar-refractivity contribution in [3.8, 4) is 11.5 Å². The number of likely N-dealkylation sites (tertiary alicyclic amines) is 1. The third kappa shape index (κ3) is 4.62. The van der Waals surface area contributed by atoms with Gasteiger partial charge in [-0.1, -0.05) is 24.3 Å². The number of carbonyl (C=O) groups is 2. The van der Waals surface area contributed by atoms with Crippen LogP contribution in [-0.4, -0.2) is 43.1 Å². The van der Waals surface area contributed by atoms with E-state index in [1.807, 2.05) is 53.4 Å². The first-order valence-corrected chi connectivity index (χ1v) is 9.99. The second-order valence-corrected chi connectivity index (χ2v) is 7.15. The zero-order valence-electron chi connectivity index (χ0n) is 16.2. The van der Waals surface area contributed by atoms with Crippen LogP contribution in [0.2, 0.25) is 0 Å². The molecule has 3 amide bonds. The molecule has 1 fully saturated rings. The number of hydrogen-bond donors (Lipinski definition) is 2.